The van der Waals surface area contributed by atoms with Crippen LogP contribution >= 0.6 is 23.2 Å². The van der Waals surface area contributed by atoms with E-state index in [1.54, 1.807) is 30.3 Å². The van der Waals surface area contributed by atoms with E-state index in [0.29, 0.717) is 17.0 Å². The molecule has 35 heavy (non-hydrogen) atoms. The number of benzene rings is 3. The lowest BCUT2D eigenvalue weighted by Crippen LogP contribution is -2.29. The van der Waals surface area contributed by atoms with Gasteiger partial charge < -0.3 is 14.6 Å². The molecule has 1 amide bonds. The Hall–Kier alpha value is -3.48. The van der Waals surface area contributed by atoms with E-state index in [2.05, 4.69) is 0 Å². The molecule has 0 saturated carbocycles. The maximum absolute atomic E-state index is 13.4. The van der Waals surface area contributed by atoms with Crippen LogP contribution in [0, 0.1) is 13.8 Å². The van der Waals surface area contributed by atoms with E-state index in [4.69, 9.17) is 32.7 Å². The number of hydrogen-bond donors (Lipinski definition) is 1. The lowest BCUT2D eigenvalue weighted by molar-refractivity contribution is -0.132. The molecule has 1 unspecified atom stereocenters. The zero-order valence-corrected chi connectivity index (χ0v) is 21.1. The smallest absolute Gasteiger partial charge is 0.300 e. The van der Waals surface area contributed by atoms with Crippen LogP contribution in [0.3, 0.4) is 0 Å². The molecule has 6 nitrogen and oxygen atoms in total. The number of halogens is 2. The topological polar surface area (TPSA) is 76.1 Å². The second-order valence-corrected chi connectivity index (χ2v) is 9.03. The molecule has 0 bridgehead atoms. The molecule has 0 aliphatic carbocycles. The van der Waals surface area contributed by atoms with Gasteiger partial charge in [0, 0.05) is 10.7 Å². The first-order valence-electron chi connectivity index (χ1n) is 10.7. The number of hydrogen-bond acceptors (Lipinski definition) is 5. The lowest BCUT2D eigenvalue weighted by atomic mass is 9.94. The number of Topliss-reactive ketones (excluding diaryl/α,β-unsaturated/α-hetero) is 1. The van der Waals surface area contributed by atoms with Crippen molar-refractivity contribution < 1.29 is 24.2 Å². The number of aryl methyl sites for hydroxylation is 2. The number of aliphatic hydroxyl groups is 1. The minimum atomic E-state index is -0.935. The molecule has 1 atom stereocenters. The maximum Gasteiger partial charge on any atom is 0.300 e. The van der Waals surface area contributed by atoms with Crippen molar-refractivity contribution in [1.29, 1.82) is 0 Å². The minimum absolute atomic E-state index is 0.107. The van der Waals surface area contributed by atoms with Crippen molar-refractivity contribution in [3.05, 3.63) is 92.5 Å². The number of ether oxygens (including phenoxy) is 2. The fourth-order valence-electron chi connectivity index (χ4n) is 4.19. The summed E-state index contributed by atoms with van der Waals surface area (Å²) in [5, 5.41) is 11.8. The van der Waals surface area contributed by atoms with E-state index in [1.807, 2.05) is 26.0 Å². The molecular weight excluding hydrogens is 489 g/mol. The van der Waals surface area contributed by atoms with E-state index in [9.17, 15) is 14.7 Å². The lowest BCUT2D eigenvalue weighted by Gasteiger charge is -2.26. The average Bonchev–Trinajstić information content (AvgIpc) is 3.10. The van der Waals surface area contributed by atoms with Crippen LogP contribution in [0.2, 0.25) is 10.0 Å². The van der Waals surface area contributed by atoms with Crippen LogP contribution in [-0.2, 0) is 9.59 Å². The highest BCUT2D eigenvalue weighted by Crippen LogP contribution is 2.45. The third-order valence-electron chi connectivity index (χ3n) is 6.09. The van der Waals surface area contributed by atoms with Crippen molar-refractivity contribution in [2.24, 2.45) is 0 Å². The zero-order valence-electron chi connectivity index (χ0n) is 19.6. The van der Waals surface area contributed by atoms with Crippen molar-refractivity contribution in [3.63, 3.8) is 0 Å². The largest absolute Gasteiger partial charge is 0.507 e. The molecular formula is C27H23Cl2NO5. The van der Waals surface area contributed by atoms with Gasteiger partial charge in [-0.1, -0.05) is 41.4 Å². The van der Waals surface area contributed by atoms with Crippen LogP contribution in [0.5, 0.6) is 11.5 Å². The Kier molecular flexibility index (Phi) is 6.79. The van der Waals surface area contributed by atoms with Crippen molar-refractivity contribution in [2.45, 2.75) is 19.9 Å². The summed E-state index contributed by atoms with van der Waals surface area (Å²) < 4.78 is 10.7. The SMILES string of the molecule is COc1cccc(C2/C(=C(\O)c3cc(Cl)cc(Cl)c3OC)C(=O)C(=O)N2c2ccc(C)c(C)c2)c1. The highest BCUT2D eigenvalue weighted by atomic mass is 35.5. The number of aliphatic hydroxyl groups excluding tert-OH is 1. The molecule has 1 N–H and O–H groups in total. The summed E-state index contributed by atoms with van der Waals surface area (Å²) in [6.45, 7) is 3.89. The summed E-state index contributed by atoms with van der Waals surface area (Å²) in [6.07, 6.45) is 0. The predicted molar refractivity (Wildman–Crippen MR) is 137 cm³/mol. The normalized spacial score (nSPS) is 17.1. The summed E-state index contributed by atoms with van der Waals surface area (Å²) in [6, 6.07) is 14.5. The maximum atomic E-state index is 13.4. The summed E-state index contributed by atoms with van der Waals surface area (Å²) in [5.74, 6) is -1.38. The quantitative estimate of drug-likeness (QED) is 0.248. The molecule has 0 spiro atoms. The summed E-state index contributed by atoms with van der Waals surface area (Å²) in [7, 11) is 2.91. The fourth-order valence-corrected chi connectivity index (χ4v) is 4.76. The molecule has 0 aromatic heterocycles. The van der Waals surface area contributed by atoms with Gasteiger partial charge in [0.25, 0.3) is 11.7 Å². The number of amides is 1. The summed E-state index contributed by atoms with van der Waals surface area (Å²) >= 11 is 12.5. The Balaban J connectivity index is 2.03. The molecule has 1 heterocycles. The average molecular weight is 512 g/mol. The number of carbonyl (C=O) groups excluding carboxylic acids is 2. The number of methoxy groups -OCH3 is 2. The molecule has 3 aromatic rings. The van der Waals surface area contributed by atoms with Gasteiger partial charge in [-0.3, -0.25) is 14.5 Å². The van der Waals surface area contributed by atoms with Crippen LogP contribution in [0.1, 0.15) is 28.3 Å². The molecule has 1 aliphatic heterocycles. The van der Waals surface area contributed by atoms with Crippen molar-refractivity contribution in [2.75, 3.05) is 19.1 Å². The summed E-state index contributed by atoms with van der Waals surface area (Å²) in [5.41, 5.74) is 3.10. The zero-order chi connectivity index (χ0) is 25.4. The molecule has 1 fully saturated rings. The van der Waals surface area contributed by atoms with E-state index < -0.39 is 23.5 Å². The van der Waals surface area contributed by atoms with Crippen molar-refractivity contribution in [1.82, 2.24) is 0 Å². The van der Waals surface area contributed by atoms with Gasteiger partial charge in [0.2, 0.25) is 0 Å². The van der Waals surface area contributed by atoms with Gasteiger partial charge in [0.05, 0.1) is 36.4 Å². The molecule has 3 aromatic carbocycles. The molecule has 1 aliphatic rings. The second kappa shape index (κ2) is 9.64. The third-order valence-corrected chi connectivity index (χ3v) is 6.59. The molecule has 180 valence electrons. The molecule has 8 heteroatoms. The number of carbonyl (C=O) groups is 2. The first-order valence-corrected chi connectivity index (χ1v) is 11.5. The Labute approximate surface area is 213 Å². The van der Waals surface area contributed by atoms with Gasteiger partial charge >= 0.3 is 0 Å². The van der Waals surface area contributed by atoms with Crippen LogP contribution in [0.15, 0.2) is 60.2 Å². The van der Waals surface area contributed by atoms with E-state index in [-0.39, 0.29) is 26.9 Å². The van der Waals surface area contributed by atoms with Gasteiger partial charge in [-0.25, -0.2) is 0 Å². The Bertz CT molecular complexity index is 1380. The van der Waals surface area contributed by atoms with Crippen LogP contribution in [-0.4, -0.2) is 31.0 Å². The van der Waals surface area contributed by atoms with Gasteiger partial charge in [-0.15, -0.1) is 0 Å². The molecule has 4 rings (SSSR count). The number of nitrogens with zero attached hydrogens (tertiary/aromatic N) is 1. The number of anilines is 1. The van der Waals surface area contributed by atoms with Gasteiger partial charge in [0.15, 0.2) is 0 Å². The molecule has 0 radical (unpaired) electrons. The first kappa shape index (κ1) is 24.6. The third kappa shape index (κ3) is 4.35. The highest BCUT2D eigenvalue weighted by molar-refractivity contribution is 6.52. The fraction of sp³-hybridized carbons (Fsp3) is 0.185. The monoisotopic (exact) mass is 511 g/mol. The highest BCUT2D eigenvalue weighted by Gasteiger charge is 2.47. The van der Waals surface area contributed by atoms with Crippen molar-refractivity contribution in [3.8, 4) is 11.5 Å². The second-order valence-electron chi connectivity index (χ2n) is 8.18. The van der Waals surface area contributed by atoms with Gasteiger partial charge in [0.1, 0.15) is 17.3 Å². The van der Waals surface area contributed by atoms with Gasteiger partial charge in [-0.05, 0) is 66.9 Å². The van der Waals surface area contributed by atoms with Gasteiger partial charge in [-0.2, -0.15) is 0 Å². The first-order chi connectivity index (χ1) is 16.7. The Morgan fingerprint density at radius 3 is 2.34 bits per heavy atom. The van der Waals surface area contributed by atoms with E-state index in [1.165, 1.54) is 31.3 Å². The predicted octanol–water partition coefficient (Wildman–Crippen LogP) is 6.25. The Morgan fingerprint density at radius 1 is 0.943 bits per heavy atom. The number of ketones is 1. The Morgan fingerprint density at radius 2 is 1.69 bits per heavy atom. The molecule has 1 saturated heterocycles. The minimum Gasteiger partial charge on any atom is -0.507 e. The van der Waals surface area contributed by atoms with Crippen LogP contribution in [0.4, 0.5) is 5.69 Å². The number of rotatable bonds is 5. The summed E-state index contributed by atoms with van der Waals surface area (Å²) in [4.78, 5) is 28.2. The van der Waals surface area contributed by atoms with E-state index in [0.717, 1.165) is 11.1 Å². The van der Waals surface area contributed by atoms with Crippen LogP contribution in [0.25, 0.3) is 5.76 Å². The van der Waals surface area contributed by atoms with Crippen LogP contribution < -0.4 is 14.4 Å². The standard InChI is InChI=1S/C27H23Cl2NO5/c1-14-8-9-18(10-15(14)2)30-23(16-6-5-7-19(11-16)34-3)22(25(32)27(30)33)24(31)20-12-17(28)13-21(29)26(20)35-4/h5-13,23,31H,1-4H3/b24-22+. The van der Waals surface area contributed by atoms with Crippen molar-refractivity contribution >= 4 is 46.3 Å². The van der Waals surface area contributed by atoms with E-state index >= 15 is 0 Å².